The van der Waals surface area contributed by atoms with Gasteiger partial charge in [-0.05, 0) is 52.6 Å². The largest absolute Gasteiger partial charge is 0.489 e. The second-order valence-corrected chi connectivity index (χ2v) is 11.8. The van der Waals surface area contributed by atoms with E-state index in [0.717, 1.165) is 28.0 Å². The number of hydrogen-bond donors (Lipinski definition) is 0. The number of ether oxygens (including phenoxy) is 2. The lowest BCUT2D eigenvalue weighted by molar-refractivity contribution is -0.138. The maximum atomic E-state index is 14.1. The van der Waals surface area contributed by atoms with Crippen LogP contribution in [0.5, 0.6) is 5.75 Å². The van der Waals surface area contributed by atoms with E-state index >= 15 is 0 Å². The van der Waals surface area contributed by atoms with E-state index in [1.54, 1.807) is 11.5 Å². The van der Waals surface area contributed by atoms with Crippen LogP contribution < -0.4 is 19.6 Å². The van der Waals surface area contributed by atoms with Gasteiger partial charge in [-0.2, -0.15) is 0 Å². The average molecular weight is 623 g/mol. The van der Waals surface area contributed by atoms with Crippen LogP contribution in [0.15, 0.2) is 143 Å². The first kappa shape index (κ1) is 29.2. The first-order chi connectivity index (χ1) is 22.6. The monoisotopic (exact) mass is 622 g/mol. The minimum absolute atomic E-state index is 0.206. The normalized spacial score (nSPS) is 14.5. The van der Waals surface area contributed by atoms with E-state index in [2.05, 4.69) is 24.3 Å². The Labute approximate surface area is 269 Å². The van der Waals surface area contributed by atoms with Gasteiger partial charge >= 0.3 is 5.97 Å². The number of esters is 1. The number of carbonyl (C=O) groups excluding carboxylic acids is 1. The van der Waals surface area contributed by atoms with Crippen LogP contribution in [0.4, 0.5) is 0 Å². The number of hydrogen-bond acceptors (Lipinski definition) is 6. The van der Waals surface area contributed by atoms with E-state index < -0.39 is 12.0 Å². The van der Waals surface area contributed by atoms with Crippen LogP contribution >= 0.6 is 11.3 Å². The Morgan fingerprint density at radius 2 is 1.54 bits per heavy atom. The molecule has 1 aliphatic rings. The topological polar surface area (TPSA) is 69.9 Å². The predicted molar refractivity (Wildman–Crippen MR) is 182 cm³/mol. The summed E-state index contributed by atoms with van der Waals surface area (Å²) in [6.07, 6.45) is 1.86. The van der Waals surface area contributed by atoms with Crippen molar-refractivity contribution in [3.05, 3.63) is 175 Å². The Morgan fingerprint density at radius 3 is 2.30 bits per heavy atom. The van der Waals surface area contributed by atoms with E-state index in [1.165, 1.54) is 22.1 Å². The van der Waals surface area contributed by atoms with Crippen molar-refractivity contribution in [3.8, 4) is 5.75 Å². The van der Waals surface area contributed by atoms with Crippen LogP contribution in [0.3, 0.4) is 0 Å². The van der Waals surface area contributed by atoms with E-state index in [1.807, 2.05) is 109 Å². The molecule has 7 rings (SSSR count). The summed E-state index contributed by atoms with van der Waals surface area (Å²) in [6, 6.07) is 40.6. The molecule has 6 nitrogen and oxygen atoms in total. The molecule has 46 heavy (non-hydrogen) atoms. The number of benzene rings is 5. The van der Waals surface area contributed by atoms with Gasteiger partial charge in [-0.3, -0.25) is 9.36 Å². The summed E-state index contributed by atoms with van der Waals surface area (Å²) in [5.41, 5.74) is 4.18. The molecule has 0 spiro atoms. The highest BCUT2D eigenvalue weighted by Crippen LogP contribution is 2.35. The fraction of sp³-hybridized carbons (Fsp3) is 0.103. The minimum Gasteiger partial charge on any atom is -0.489 e. The van der Waals surface area contributed by atoms with Crippen LogP contribution in [0, 0.1) is 0 Å². The van der Waals surface area contributed by atoms with Gasteiger partial charge in [0.1, 0.15) is 12.4 Å². The van der Waals surface area contributed by atoms with Gasteiger partial charge in [0.25, 0.3) is 5.56 Å². The zero-order valence-corrected chi connectivity index (χ0v) is 25.9. The molecule has 2 heterocycles. The lowest BCUT2D eigenvalue weighted by Crippen LogP contribution is -2.39. The number of aromatic nitrogens is 1. The maximum Gasteiger partial charge on any atom is 0.338 e. The van der Waals surface area contributed by atoms with Crippen molar-refractivity contribution in [2.75, 3.05) is 6.61 Å². The molecule has 226 valence electrons. The molecular formula is C39H30N2O4S. The molecule has 1 aromatic heterocycles. The molecule has 7 heteroatoms. The van der Waals surface area contributed by atoms with Gasteiger partial charge in [0.2, 0.25) is 0 Å². The van der Waals surface area contributed by atoms with E-state index in [9.17, 15) is 9.59 Å². The molecule has 1 aliphatic heterocycles. The molecule has 0 saturated carbocycles. The van der Waals surface area contributed by atoms with Crippen LogP contribution in [0.1, 0.15) is 35.2 Å². The summed E-state index contributed by atoms with van der Waals surface area (Å²) in [4.78, 5) is 33.1. The molecule has 5 aromatic carbocycles. The summed E-state index contributed by atoms with van der Waals surface area (Å²) < 4.78 is 13.8. The molecule has 0 bridgehead atoms. The fourth-order valence-electron chi connectivity index (χ4n) is 5.78. The van der Waals surface area contributed by atoms with Crippen LogP contribution in [-0.2, 0) is 16.1 Å². The first-order valence-electron chi connectivity index (χ1n) is 15.1. The second kappa shape index (κ2) is 12.8. The van der Waals surface area contributed by atoms with Crippen molar-refractivity contribution in [1.29, 1.82) is 0 Å². The average Bonchev–Trinajstić information content (AvgIpc) is 3.41. The predicted octanol–water partition coefficient (Wildman–Crippen LogP) is 6.67. The lowest BCUT2D eigenvalue weighted by atomic mass is 9.93. The summed E-state index contributed by atoms with van der Waals surface area (Å²) in [7, 11) is 0. The Hall–Kier alpha value is -5.53. The Bertz CT molecular complexity index is 2250. The highest BCUT2D eigenvalue weighted by molar-refractivity contribution is 7.07. The van der Waals surface area contributed by atoms with E-state index in [0.29, 0.717) is 27.2 Å². The minimum atomic E-state index is -0.696. The molecule has 6 aromatic rings. The molecule has 0 saturated heterocycles. The summed E-state index contributed by atoms with van der Waals surface area (Å²) in [6.45, 7) is 2.43. The van der Waals surface area contributed by atoms with Crippen molar-refractivity contribution < 1.29 is 14.3 Å². The van der Waals surface area contributed by atoms with E-state index in [-0.39, 0.29) is 12.2 Å². The zero-order valence-electron chi connectivity index (χ0n) is 25.1. The van der Waals surface area contributed by atoms with Gasteiger partial charge in [-0.25, -0.2) is 9.79 Å². The van der Waals surface area contributed by atoms with Gasteiger partial charge in [0, 0.05) is 5.56 Å². The standard InChI is InChI=1S/C39H30N2O4S/c1-2-44-38(43)34-35(28-13-5-3-6-14-28)40-39-41(36(34)29-15-7-4-8-16-29)37(42)33(46-39)24-26-20-22-31(23-21-26)45-25-30-18-11-17-27-12-9-10-19-32(27)30/h3-24,36H,2,25H2,1H3/b33-24-/t36-/m1/s1. The second-order valence-electron chi connectivity index (χ2n) is 10.8. The van der Waals surface area contributed by atoms with Crippen molar-refractivity contribution >= 4 is 39.9 Å². The van der Waals surface area contributed by atoms with E-state index in [4.69, 9.17) is 14.5 Å². The first-order valence-corrected chi connectivity index (χ1v) is 16.0. The summed E-state index contributed by atoms with van der Waals surface area (Å²) in [5.74, 6) is 0.245. The molecule has 0 amide bonds. The van der Waals surface area contributed by atoms with Crippen molar-refractivity contribution in [2.45, 2.75) is 19.6 Å². The highest BCUT2D eigenvalue weighted by atomic mass is 32.1. The quantitative estimate of drug-likeness (QED) is 0.178. The van der Waals surface area contributed by atoms with Crippen molar-refractivity contribution in [1.82, 2.24) is 4.57 Å². The Balaban J connectivity index is 1.26. The van der Waals surface area contributed by atoms with Crippen LogP contribution in [-0.4, -0.2) is 17.1 Å². The van der Waals surface area contributed by atoms with Gasteiger partial charge in [-0.15, -0.1) is 0 Å². The number of nitrogens with zero attached hydrogens (tertiary/aromatic N) is 2. The molecule has 0 fully saturated rings. The molecule has 0 aliphatic carbocycles. The smallest absolute Gasteiger partial charge is 0.338 e. The van der Waals surface area contributed by atoms with Crippen LogP contribution in [0.2, 0.25) is 0 Å². The maximum absolute atomic E-state index is 14.1. The fourth-order valence-corrected chi connectivity index (χ4v) is 6.78. The number of thiazole rings is 1. The van der Waals surface area contributed by atoms with Gasteiger partial charge in [-0.1, -0.05) is 127 Å². The molecule has 0 unspecified atom stereocenters. The molecule has 0 radical (unpaired) electrons. The lowest BCUT2D eigenvalue weighted by Gasteiger charge is -2.25. The number of rotatable bonds is 8. The van der Waals surface area contributed by atoms with Crippen LogP contribution in [0.25, 0.3) is 22.5 Å². The third-order valence-electron chi connectivity index (χ3n) is 7.94. The number of fused-ring (bicyclic) bond motifs is 2. The van der Waals surface area contributed by atoms with Gasteiger partial charge < -0.3 is 9.47 Å². The third kappa shape index (κ3) is 5.69. The SMILES string of the molecule is CCOC(=O)C1=C(c2ccccc2)N=c2s/c(=C\c3ccc(OCc4cccc5ccccc45)cc3)c(=O)n2[C@@H]1c1ccccc1. The third-order valence-corrected chi connectivity index (χ3v) is 8.92. The highest BCUT2D eigenvalue weighted by Gasteiger charge is 2.35. The van der Waals surface area contributed by atoms with Gasteiger partial charge in [0.05, 0.1) is 28.5 Å². The molecule has 0 N–H and O–H groups in total. The zero-order chi connectivity index (χ0) is 31.5. The summed E-state index contributed by atoms with van der Waals surface area (Å²) in [5, 5.41) is 2.35. The molecular weight excluding hydrogens is 593 g/mol. The molecule has 1 atom stereocenters. The summed E-state index contributed by atoms with van der Waals surface area (Å²) >= 11 is 1.30. The van der Waals surface area contributed by atoms with Crippen molar-refractivity contribution in [2.24, 2.45) is 4.99 Å². The van der Waals surface area contributed by atoms with Crippen molar-refractivity contribution in [3.63, 3.8) is 0 Å². The Morgan fingerprint density at radius 1 is 0.848 bits per heavy atom. The number of carbonyl (C=O) groups is 1. The van der Waals surface area contributed by atoms with Gasteiger partial charge in [0.15, 0.2) is 4.80 Å². The Kier molecular flexibility index (Phi) is 8.14.